The number of rotatable bonds is 5. The largest absolute Gasteiger partial charge is 0.493 e. The van der Waals surface area contributed by atoms with Gasteiger partial charge in [0.2, 0.25) is 5.88 Å². The van der Waals surface area contributed by atoms with Crippen molar-refractivity contribution < 1.29 is 23.4 Å². The molecular weight excluding hydrogens is 395 g/mol. The summed E-state index contributed by atoms with van der Waals surface area (Å²) in [6, 6.07) is 10.9. The summed E-state index contributed by atoms with van der Waals surface area (Å²) < 4.78 is 29.4. The summed E-state index contributed by atoms with van der Waals surface area (Å²) in [6.45, 7) is 0. The molecule has 4 aromatic rings. The molecule has 0 amide bonds. The summed E-state index contributed by atoms with van der Waals surface area (Å²) in [5, 5.41) is 2.64. The van der Waals surface area contributed by atoms with Gasteiger partial charge in [-0.1, -0.05) is 12.1 Å². The van der Waals surface area contributed by atoms with Gasteiger partial charge in [0.05, 0.1) is 25.2 Å². The topological polar surface area (TPSA) is 70.5 Å². The van der Waals surface area contributed by atoms with E-state index in [1.165, 1.54) is 50.1 Å². The number of benzene rings is 2. The second-order valence-corrected chi connectivity index (χ2v) is 6.83. The van der Waals surface area contributed by atoms with Gasteiger partial charge in [0, 0.05) is 10.9 Å². The van der Waals surface area contributed by atoms with Crippen LogP contribution in [0.1, 0.15) is 10.4 Å². The SMILES string of the molecule is COC(=O)c1ccc(Oc2ncnc3scc(-c4ccc(F)cc4)c23)c(OC)c1. The zero-order valence-corrected chi connectivity index (χ0v) is 16.3. The number of aromatic nitrogens is 2. The van der Waals surface area contributed by atoms with Crippen LogP contribution < -0.4 is 9.47 Å². The molecule has 0 saturated carbocycles. The molecule has 29 heavy (non-hydrogen) atoms. The second-order valence-electron chi connectivity index (χ2n) is 5.97. The molecule has 0 aliphatic rings. The number of methoxy groups -OCH3 is 2. The molecular formula is C21H15FN2O4S. The molecule has 2 heterocycles. The maximum atomic E-state index is 13.3. The van der Waals surface area contributed by atoms with Gasteiger partial charge in [0.15, 0.2) is 11.5 Å². The number of fused-ring (bicyclic) bond motifs is 1. The van der Waals surface area contributed by atoms with Gasteiger partial charge in [-0.15, -0.1) is 11.3 Å². The lowest BCUT2D eigenvalue weighted by Gasteiger charge is -2.12. The van der Waals surface area contributed by atoms with Crippen molar-refractivity contribution in [3.63, 3.8) is 0 Å². The highest BCUT2D eigenvalue weighted by molar-refractivity contribution is 7.17. The molecule has 4 rings (SSSR count). The summed E-state index contributed by atoms with van der Waals surface area (Å²) >= 11 is 1.44. The summed E-state index contributed by atoms with van der Waals surface area (Å²) in [4.78, 5) is 21.1. The fourth-order valence-electron chi connectivity index (χ4n) is 2.87. The first kappa shape index (κ1) is 18.8. The lowest BCUT2D eigenvalue weighted by molar-refractivity contribution is 0.0600. The van der Waals surface area contributed by atoms with Crippen molar-refractivity contribution in [1.82, 2.24) is 9.97 Å². The van der Waals surface area contributed by atoms with Gasteiger partial charge in [-0.25, -0.2) is 19.2 Å². The lowest BCUT2D eigenvalue weighted by Crippen LogP contribution is -2.02. The lowest BCUT2D eigenvalue weighted by atomic mass is 10.1. The Kier molecular flexibility index (Phi) is 5.09. The molecule has 2 aromatic heterocycles. The van der Waals surface area contributed by atoms with Crippen LogP contribution in [0.2, 0.25) is 0 Å². The van der Waals surface area contributed by atoms with Crippen molar-refractivity contribution in [2.75, 3.05) is 14.2 Å². The number of ether oxygens (including phenoxy) is 3. The minimum absolute atomic E-state index is 0.309. The molecule has 0 N–H and O–H groups in total. The highest BCUT2D eigenvalue weighted by Gasteiger charge is 2.18. The third-order valence-electron chi connectivity index (χ3n) is 4.28. The Hall–Kier alpha value is -3.52. The van der Waals surface area contributed by atoms with E-state index in [-0.39, 0.29) is 5.82 Å². The third kappa shape index (κ3) is 3.62. The molecule has 0 aliphatic carbocycles. The van der Waals surface area contributed by atoms with Crippen LogP contribution >= 0.6 is 11.3 Å². The minimum atomic E-state index is -0.476. The first-order valence-corrected chi connectivity index (χ1v) is 9.41. The highest BCUT2D eigenvalue weighted by Crippen LogP contribution is 2.40. The number of halogens is 1. The Balaban J connectivity index is 1.78. The van der Waals surface area contributed by atoms with E-state index in [1.54, 1.807) is 24.3 Å². The van der Waals surface area contributed by atoms with Crippen LogP contribution in [0.4, 0.5) is 4.39 Å². The van der Waals surface area contributed by atoms with Crippen LogP contribution in [-0.4, -0.2) is 30.2 Å². The van der Waals surface area contributed by atoms with Crippen molar-refractivity contribution in [3.05, 3.63) is 65.6 Å². The molecule has 6 nitrogen and oxygen atoms in total. The maximum absolute atomic E-state index is 13.3. The van der Waals surface area contributed by atoms with Crippen LogP contribution in [0.3, 0.4) is 0 Å². The van der Waals surface area contributed by atoms with Crippen molar-refractivity contribution >= 4 is 27.5 Å². The number of carbonyl (C=O) groups is 1. The predicted molar refractivity (Wildman–Crippen MR) is 107 cm³/mol. The van der Waals surface area contributed by atoms with E-state index < -0.39 is 5.97 Å². The van der Waals surface area contributed by atoms with Crippen LogP contribution in [0, 0.1) is 5.82 Å². The molecule has 0 atom stereocenters. The molecule has 0 aliphatic heterocycles. The normalized spacial score (nSPS) is 10.7. The van der Waals surface area contributed by atoms with Crippen LogP contribution in [-0.2, 0) is 4.74 Å². The molecule has 0 radical (unpaired) electrons. The average molecular weight is 410 g/mol. The Morgan fingerprint density at radius 2 is 1.83 bits per heavy atom. The average Bonchev–Trinajstić information content (AvgIpc) is 3.19. The number of hydrogen-bond acceptors (Lipinski definition) is 7. The van der Waals surface area contributed by atoms with Gasteiger partial charge in [-0.05, 0) is 35.9 Å². The van der Waals surface area contributed by atoms with E-state index in [4.69, 9.17) is 14.2 Å². The predicted octanol–water partition coefficient (Wildman–Crippen LogP) is 5.08. The van der Waals surface area contributed by atoms with E-state index >= 15 is 0 Å². The first-order valence-electron chi connectivity index (χ1n) is 8.53. The zero-order chi connectivity index (χ0) is 20.4. The molecule has 8 heteroatoms. The first-order chi connectivity index (χ1) is 14.1. The van der Waals surface area contributed by atoms with Crippen molar-refractivity contribution in [3.8, 4) is 28.5 Å². The van der Waals surface area contributed by atoms with Gasteiger partial charge in [0.1, 0.15) is 17.0 Å². The van der Waals surface area contributed by atoms with Crippen LogP contribution in [0.25, 0.3) is 21.3 Å². The van der Waals surface area contributed by atoms with E-state index in [0.29, 0.717) is 28.3 Å². The van der Waals surface area contributed by atoms with Gasteiger partial charge in [0.25, 0.3) is 0 Å². The molecule has 0 unspecified atom stereocenters. The number of thiophene rings is 1. The molecule has 146 valence electrons. The maximum Gasteiger partial charge on any atom is 0.337 e. The van der Waals surface area contributed by atoms with Gasteiger partial charge >= 0.3 is 5.97 Å². The summed E-state index contributed by atoms with van der Waals surface area (Å²) in [5.74, 6) is 0.293. The second kappa shape index (κ2) is 7.84. The number of hydrogen-bond donors (Lipinski definition) is 0. The van der Waals surface area contributed by atoms with Gasteiger partial charge in [-0.2, -0.15) is 0 Å². The van der Waals surface area contributed by atoms with E-state index in [1.807, 2.05) is 5.38 Å². The fourth-order valence-corrected chi connectivity index (χ4v) is 3.77. The van der Waals surface area contributed by atoms with Gasteiger partial charge < -0.3 is 14.2 Å². The Morgan fingerprint density at radius 1 is 1.03 bits per heavy atom. The third-order valence-corrected chi connectivity index (χ3v) is 5.17. The van der Waals surface area contributed by atoms with Crippen LogP contribution in [0.15, 0.2) is 54.2 Å². The standard InChI is InChI=1S/C21H15FN2O4S/c1-26-17-9-13(21(25)27-2)5-8-16(17)28-19-18-15(10-29-20(18)24-11-23-19)12-3-6-14(22)7-4-12/h3-11H,1-2H3. The van der Waals surface area contributed by atoms with E-state index in [0.717, 1.165) is 16.0 Å². The number of esters is 1. The smallest absolute Gasteiger partial charge is 0.337 e. The molecule has 0 fully saturated rings. The quantitative estimate of drug-likeness (QED) is 0.427. The molecule has 2 aromatic carbocycles. The summed E-state index contributed by atoms with van der Waals surface area (Å²) in [6.07, 6.45) is 1.41. The summed E-state index contributed by atoms with van der Waals surface area (Å²) in [7, 11) is 2.79. The fraction of sp³-hybridized carbons (Fsp3) is 0.0952. The number of nitrogens with zero attached hydrogens (tertiary/aromatic N) is 2. The van der Waals surface area contributed by atoms with Crippen molar-refractivity contribution in [2.45, 2.75) is 0 Å². The zero-order valence-electron chi connectivity index (χ0n) is 15.5. The highest BCUT2D eigenvalue weighted by atomic mass is 32.1. The van der Waals surface area contributed by atoms with E-state index in [2.05, 4.69) is 9.97 Å². The van der Waals surface area contributed by atoms with Crippen LogP contribution in [0.5, 0.6) is 17.4 Å². The molecule has 0 saturated heterocycles. The Morgan fingerprint density at radius 3 is 2.55 bits per heavy atom. The van der Waals surface area contributed by atoms with Gasteiger partial charge in [-0.3, -0.25) is 0 Å². The Bertz CT molecular complexity index is 1190. The van der Waals surface area contributed by atoms with Crippen molar-refractivity contribution in [2.24, 2.45) is 0 Å². The molecule has 0 spiro atoms. The summed E-state index contributed by atoms with van der Waals surface area (Å²) in [5.41, 5.74) is 2.00. The monoisotopic (exact) mass is 410 g/mol. The Labute approximate surface area is 169 Å². The minimum Gasteiger partial charge on any atom is -0.493 e. The van der Waals surface area contributed by atoms with Crippen molar-refractivity contribution in [1.29, 1.82) is 0 Å². The van der Waals surface area contributed by atoms with E-state index in [9.17, 15) is 9.18 Å². The number of carbonyl (C=O) groups excluding carboxylic acids is 1. The molecule has 0 bridgehead atoms.